The van der Waals surface area contributed by atoms with Gasteiger partial charge in [-0.2, -0.15) is 0 Å². The van der Waals surface area contributed by atoms with Crippen molar-refractivity contribution in [3.8, 4) is 5.88 Å². The van der Waals surface area contributed by atoms with Gasteiger partial charge in [0.2, 0.25) is 17.5 Å². The Kier molecular flexibility index (Phi) is 4.16. The van der Waals surface area contributed by atoms with E-state index >= 15 is 0 Å². The number of aryl methyl sites for hydroxylation is 1. The fourth-order valence-corrected chi connectivity index (χ4v) is 3.12. The molecule has 134 valence electrons. The fourth-order valence-electron chi connectivity index (χ4n) is 3.12. The molecule has 1 aliphatic heterocycles. The molecule has 0 radical (unpaired) electrons. The molecule has 1 aliphatic rings. The lowest BCUT2D eigenvalue weighted by Gasteiger charge is -2.34. The maximum atomic E-state index is 13.1. The number of hydrogen-bond donors (Lipinski definition) is 0. The highest BCUT2D eigenvalue weighted by Crippen LogP contribution is 2.34. The van der Waals surface area contributed by atoms with Gasteiger partial charge in [-0.1, -0.05) is 24.3 Å². The highest BCUT2D eigenvalue weighted by Gasteiger charge is 2.36. The zero-order valence-electron chi connectivity index (χ0n) is 14.5. The van der Waals surface area contributed by atoms with Crippen molar-refractivity contribution in [3.63, 3.8) is 0 Å². The topological polar surface area (TPSA) is 94.5 Å². The fraction of sp³-hybridized carbons (Fsp3) is 0.333. The molecule has 1 atom stereocenters. The maximum Gasteiger partial charge on any atom is 0.293 e. The van der Waals surface area contributed by atoms with Gasteiger partial charge in [0, 0.05) is 19.9 Å². The number of carbonyl (C=O) groups is 1. The van der Waals surface area contributed by atoms with Gasteiger partial charge in [-0.3, -0.25) is 4.79 Å². The van der Waals surface area contributed by atoms with Crippen LogP contribution in [0.15, 0.2) is 39.3 Å². The summed E-state index contributed by atoms with van der Waals surface area (Å²) >= 11 is 0. The lowest BCUT2D eigenvalue weighted by molar-refractivity contribution is 0.0560. The van der Waals surface area contributed by atoms with Gasteiger partial charge in [0.25, 0.3) is 11.8 Å². The van der Waals surface area contributed by atoms with E-state index < -0.39 is 0 Å². The minimum Gasteiger partial charge on any atom is -0.476 e. The molecule has 2 aromatic heterocycles. The summed E-state index contributed by atoms with van der Waals surface area (Å²) in [5.74, 6) is 0.991. The molecular weight excluding hydrogens is 336 g/mol. The van der Waals surface area contributed by atoms with Crippen LogP contribution in [-0.4, -0.2) is 32.8 Å². The van der Waals surface area contributed by atoms with E-state index in [-0.39, 0.29) is 17.7 Å². The predicted octanol–water partition coefficient (Wildman–Crippen LogP) is 2.70. The lowest BCUT2D eigenvalue weighted by Crippen LogP contribution is -2.39. The molecule has 1 amide bonds. The monoisotopic (exact) mass is 354 g/mol. The van der Waals surface area contributed by atoms with E-state index in [2.05, 4.69) is 21.4 Å². The van der Waals surface area contributed by atoms with Crippen molar-refractivity contribution in [1.82, 2.24) is 20.3 Å². The molecule has 0 bridgehead atoms. The van der Waals surface area contributed by atoms with Crippen LogP contribution in [0.4, 0.5) is 0 Å². The third-order valence-corrected chi connectivity index (χ3v) is 4.33. The molecule has 4 rings (SSSR count). The number of ether oxygens (including phenoxy) is 1. The number of amides is 1. The number of aromatic nitrogens is 3. The van der Waals surface area contributed by atoms with Crippen molar-refractivity contribution in [1.29, 1.82) is 0 Å². The summed E-state index contributed by atoms with van der Waals surface area (Å²) in [6.07, 6.45) is 0.593. The van der Waals surface area contributed by atoms with Gasteiger partial charge in [0.15, 0.2) is 0 Å². The highest BCUT2D eigenvalue weighted by atomic mass is 16.5. The van der Waals surface area contributed by atoms with E-state index in [1.165, 1.54) is 6.07 Å². The van der Waals surface area contributed by atoms with Crippen LogP contribution < -0.4 is 4.74 Å². The second-order valence-electron chi connectivity index (χ2n) is 6.04. The van der Waals surface area contributed by atoms with Crippen LogP contribution in [0.25, 0.3) is 0 Å². The molecule has 8 heteroatoms. The van der Waals surface area contributed by atoms with E-state index in [0.29, 0.717) is 37.2 Å². The summed E-state index contributed by atoms with van der Waals surface area (Å²) < 4.78 is 16.1. The van der Waals surface area contributed by atoms with Crippen molar-refractivity contribution in [3.05, 3.63) is 59.0 Å². The van der Waals surface area contributed by atoms with Crippen molar-refractivity contribution in [2.24, 2.45) is 0 Å². The Labute approximate surface area is 149 Å². The first kappa shape index (κ1) is 16.3. The summed E-state index contributed by atoms with van der Waals surface area (Å²) in [6.45, 7) is 4.43. The summed E-state index contributed by atoms with van der Waals surface area (Å²) in [5.41, 5.74) is 2.24. The Morgan fingerprint density at radius 1 is 1.31 bits per heavy atom. The predicted molar refractivity (Wildman–Crippen MR) is 89.5 cm³/mol. The number of nitrogens with zero attached hydrogens (tertiary/aromatic N) is 4. The first-order valence-corrected chi connectivity index (χ1v) is 8.43. The average molecular weight is 354 g/mol. The standard InChI is InChI=1S/C18H18N4O4/c1-3-24-16-9-15(26-21-16)18(23)22-10-13-7-5-4-6-12(13)8-14(22)17-20-19-11(2)25-17/h4-7,9,14H,3,8,10H2,1-2H3. The molecular formula is C18H18N4O4. The number of benzene rings is 1. The molecule has 0 spiro atoms. The third-order valence-electron chi connectivity index (χ3n) is 4.33. The SMILES string of the molecule is CCOc1cc(C(=O)N2Cc3ccccc3CC2c2nnc(C)o2)on1. The normalized spacial score (nSPS) is 16.4. The van der Waals surface area contributed by atoms with E-state index in [1.807, 2.05) is 25.1 Å². The molecule has 0 saturated carbocycles. The summed E-state index contributed by atoms with van der Waals surface area (Å²) in [5, 5.41) is 11.8. The third kappa shape index (κ3) is 2.94. The second kappa shape index (κ2) is 6.62. The Hall–Kier alpha value is -3.16. The van der Waals surface area contributed by atoms with Gasteiger partial charge in [0.05, 0.1) is 12.7 Å². The molecule has 0 N–H and O–H groups in total. The minimum atomic E-state index is -0.362. The quantitative estimate of drug-likeness (QED) is 0.711. The molecule has 1 aromatic carbocycles. The summed E-state index contributed by atoms with van der Waals surface area (Å²) in [6, 6.07) is 9.14. The first-order chi connectivity index (χ1) is 12.7. The number of rotatable bonds is 4. The van der Waals surface area contributed by atoms with Gasteiger partial charge in [-0.25, -0.2) is 0 Å². The zero-order chi connectivity index (χ0) is 18.1. The van der Waals surface area contributed by atoms with Crippen LogP contribution in [0.3, 0.4) is 0 Å². The van der Waals surface area contributed by atoms with E-state index in [4.69, 9.17) is 13.7 Å². The van der Waals surface area contributed by atoms with Crippen LogP contribution in [-0.2, 0) is 13.0 Å². The molecule has 0 saturated heterocycles. The Morgan fingerprint density at radius 2 is 2.12 bits per heavy atom. The van der Waals surface area contributed by atoms with Crippen molar-refractivity contribution < 1.29 is 18.5 Å². The smallest absolute Gasteiger partial charge is 0.293 e. The molecule has 0 fully saturated rings. The van der Waals surface area contributed by atoms with E-state index in [9.17, 15) is 4.79 Å². The van der Waals surface area contributed by atoms with Crippen LogP contribution in [0.2, 0.25) is 0 Å². The Balaban J connectivity index is 1.69. The first-order valence-electron chi connectivity index (χ1n) is 8.43. The maximum absolute atomic E-state index is 13.1. The number of hydrogen-bond acceptors (Lipinski definition) is 7. The van der Waals surface area contributed by atoms with Crippen molar-refractivity contribution in [2.75, 3.05) is 6.61 Å². The zero-order valence-corrected chi connectivity index (χ0v) is 14.5. The molecule has 0 aliphatic carbocycles. The molecule has 26 heavy (non-hydrogen) atoms. The number of fused-ring (bicyclic) bond motifs is 1. The van der Waals surface area contributed by atoms with Crippen LogP contribution in [0.1, 0.15) is 46.4 Å². The summed E-state index contributed by atoms with van der Waals surface area (Å²) in [7, 11) is 0. The highest BCUT2D eigenvalue weighted by molar-refractivity contribution is 5.92. The van der Waals surface area contributed by atoms with Crippen LogP contribution in [0, 0.1) is 6.92 Å². The summed E-state index contributed by atoms with van der Waals surface area (Å²) in [4.78, 5) is 14.7. The van der Waals surface area contributed by atoms with Crippen molar-refractivity contribution >= 4 is 5.91 Å². The molecule has 1 unspecified atom stereocenters. The Morgan fingerprint density at radius 3 is 2.85 bits per heavy atom. The molecule has 3 aromatic rings. The largest absolute Gasteiger partial charge is 0.476 e. The van der Waals surface area contributed by atoms with Gasteiger partial charge in [-0.15, -0.1) is 10.2 Å². The molecule has 8 nitrogen and oxygen atoms in total. The molecule has 3 heterocycles. The van der Waals surface area contributed by atoms with E-state index in [0.717, 1.165) is 11.1 Å². The lowest BCUT2D eigenvalue weighted by atomic mass is 9.93. The second-order valence-corrected chi connectivity index (χ2v) is 6.04. The van der Waals surface area contributed by atoms with Crippen LogP contribution >= 0.6 is 0 Å². The Bertz CT molecular complexity index is 933. The average Bonchev–Trinajstić information content (AvgIpc) is 3.29. The van der Waals surface area contributed by atoms with Gasteiger partial charge in [-0.05, 0) is 23.2 Å². The van der Waals surface area contributed by atoms with Crippen molar-refractivity contribution in [2.45, 2.75) is 32.9 Å². The minimum absolute atomic E-state index is 0.120. The van der Waals surface area contributed by atoms with Gasteiger partial charge < -0.3 is 18.6 Å². The van der Waals surface area contributed by atoms with Crippen LogP contribution in [0.5, 0.6) is 5.88 Å². The number of carbonyl (C=O) groups excluding carboxylic acids is 1. The van der Waals surface area contributed by atoms with E-state index in [1.54, 1.807) is 11.8 Å². The van der Waals surface area contributed by atoms with Gasteiger partial charge >= 0.3 is 0 Å². The van der Waals surface area contributed by atoms with Gasteiger partial charge in [0.1, 0.15) is 6.04 Å².